The van der Waals surface area contributed by atoms with E-state index in [-0.39, 0.29) is 23.8 Å². The van der Waals surface area contributed by atoms with Crippen molar-refractivity contribution in [3.63, 3.8) is 0 Å². The molecule has 1 aliphatic carbocycles. The lowest BCUT2D eigenvalue weighted by molar-refractivity contribution is -0.146. The number of benzene rings is 1. The number of Topliss-reactive ketones (excluding diaryl/α,β-unsaturated/α-hetero) is 1. The minimum Gasteiger partial charge on any atom is -0.465 e. The van der Waals surface area contributed by atoms with E-state index in [1.54, 1.807) is 19.1 Å². The highest BCUT2D eigenvalue weighted by atomic mass is 35.5. The molecular formula is C22H25Cl2NO3. The highest BCUT2D eigenvalue weighted by molar-refractivity contribution is 6.42. The van der Waals surface area contributed by atoms with Gasteiger partial charge < -0.3 is 4.74 Å². The molecule has 150 valence electrons. The molecule has 0 amide bonds. The number of ketones is 1. The summed E-state index contributed by atoms with van der Waals surface area (Å²) in [6, 6.07) is 5.29. The second kappa shape index (κ2) is 8.00. The van der Waals surface area contributed by atoms with Gasteiger partial charge in [0.25, 0.3) is 0 Å². The van der Waals surface area contributed by atoms with Crippen LogP contribution in [0.3, 0.4) is 0 Å². The zero-order chi connectivity index (χ0) is 20.6. The van der Waals surface area contributed by atoms with Crippen molar-refractivity contribution in [2.75, 3.05) is 6.61 Å². The van der Waals surface area contributed by atoms with Gasteiger partial charge >= 0.3 is 5.97 Å². The Labute approximate surface area is 176 Å². The number of esters is 1. The van der Waals surface area contributed by atoms with Crippen LogP contribution < -0.4 is 0 Å². The third-order valence-corrected chi connectivity index (χ3v) is 6.12. The zero-order valence-electron chi connectivity index (χ0n) is 16.6. The third kappa shape index (κ3) is 3.90. The molecule has 2 aliphatic rings. The SMILES string of the molecule is CCOC(=O)C1C(CC)=NC2=C(C(=O)CC(C)(C)C2)[C@H]1c1ccc(Cl)c(Cl)c1. The van der Waals surface area contributed by atoms with Crippen LogP contribution in [0.4, 0.5) is 0 Å². The first-order valence-electron chi connectivity index (χ1n) is 9.63. The minimum absolute atomic E-state index is 0.0375. The summed E-state index contributed by atoms with van der Waals surface area (Å²) in [5.74, 6) is -1.41. The Morgan fingerprint density at radius 1 is 1.21 bits per heavy atom. The summed E-state index contributed by atoms with van der Waals surface area (Å²) in [7, 11) is 0. The molecule has 1 aromatic carbocycles. The molecule has 0 saturated heterocycles. The Morgan fingerprint density at radius 3 is 2.54 bits per heavy atom. The maximum atomic E-state index is 13.2. The highest BCUT2D eigenvalue weighted by Gasteiger charge is 2.46. The number of ether oxygens (including phenoxy) is 1. The maximum absolute atomic E-state index is 13.2. The molecule has 3 rings (SSSR count). The summed E-state index contributed by atoms with van der Waals surface area (Å²) in [5.41, 5.74) is 2.78. The molecule has 1 unspecified atom stereocenters. The first-order valence-corrected chi connectivity index (χ1v) is 10.4. The number of nitrogens with zero attached hydrogens (tertiary/aromatic N) is 1. The van der Waals surface area contributed by atoms with Gasteiger partial charge in [-0.2, -0.15) is 0 Å². The molecule has 0 saturated carbocycles. The number of hydrogen-bond donors (Lipinski definition) is 0. The van der Waals surface area contributed by atoms with Crippen molar-refractivity contribution < 1.29 is 14.3 Å². The number of aliphatic imine (C=N–C) groups is 1. The molecule has 1 aromatic rings. The maximum Gasteiger partial charge on any atom is 0.315 e. The molecule has 0 fully saturated rings. The monoisotopic (exact) mass is 421 g/mol. The highest BCUT2D eigenvalue weighted by Crippen LogP contribution is 2.48. The number of allylic oxidation sites excluding steroid dienone is 2. The van der Waals surface area contributed by atoms with E-state index in [0.29, 0.717) is 34.9 Å². The lowest BCUT2D eigenvalue weighted by Gasteiger charge is -2.39. The summed E-state index contributed by atoms with van der Waals surface area (Å²) in [6.07, 6.45) is 1.73. The van der Waals surface area contributed by atoms with Gasteiger partial charge in [0.2, 0.25) is 0 Å². The predicted octanol–water partition coefficient (Wildman–Crippen LogP) is 5.76. The number of rotatable bonds is 4. The summed E-state index contributed by atoms with van der Waals surface area (Å²) in [4.78, 5) is 30.9. The lowest BCUT2D eigenvalue weighted by Crippen LogP contribution is -2.40. The number of hydrogen-bond acceptors (Lipinski definition) is 4. The van der Waals surface area contributed by atoms with Crippen molar-refractivity contribution in [1.29, 1.82) is 0 Å². The second-order valence-electron chi connectivity index (χ2n) is 8.14. The summed E-state index contributed by atoms with van der Waals surface area (Å²) < 4.78 is 5.36. The Hall–Kier alpha value is -1.65. The van der Waals surface area contributed by atoms with E-state index in [0.717, 1.165) is 17.0 Å². The molecule has 1 heterocycles. The molecule has 0 aromatic heterocycles. The molecule has 0 radical (unpaired) electrons. The smallest absolute Gasteiger partial charge is 0.315 e. The van der Waals surface area contributed by atoms with Gasteiger partial charge in [-0.15, -0.1) is 0 Å². The summed E-state index contributed by atoms with van der Waals surface area (Å²) >= 11 is 12.4. The van der Waals surface area contributed by atoms with Crippen LogP contribution >= 0.6 is 23.2 Å². The average molecular weight is 422 g/mol. The van der Waals surface area contributed by atoms with Crippen LogP contribution in [0.15, 0.2) is 34.5 Å². The van der Waals surface area contributed by atoms with Crippen molar-refractivity contribution in [1.82, 2.24) is 0 Å². The van der Waals surface area contributed by atoms with Gasteiger partial charge in [0.15, 0.2) is 5.78 Å². The number of halogens is 2. The predicted molar refractivity (Wildman–Crippen MR) is 112 cm³/mol. The fourth-order valence-electron chi connectivity index (χ4n) is 4.22. The minimum atomic E-state index is -0.633. The zero-order valence-corrected chi connectivity index (χ0v) is 18.2. The van der Waals surface area contributed by atoms with Gasteiger partial charge in [-0.25, -0.2) is 0 Å². The van der Waals surface area contributed by atoms with E-state index in [4.69, 9.17) is 32.9 Å². The van der Waals surface area contributed by atoms with Gasteiger partial charge in [-0.05, 0) is 42.9 Å². The molecule has 2 atom stereocenters. The Bertz CT molecular complexity index is 886. The van der Waals surface area contributed by atoms with Crippen molar-refractivity contribution in [3.8, 4) is 0 Å². The fourth-order valence-corrected chi connectivity index (χ4v) is 4.53. The van der Waals surface area contributed by atoms with E-state index in [1.165, 1.54) is 0 Å². The van der Waals surface area contributed by atoms with E-state index < -0.39 is 11.8 Å². The first-order chi connectivity index (χ1) is 13.2. The van der Waals surface area contributed by atoms with Gasteiger partial charge in [0.1, 0.15) is 5.92 Å². The topological polar surface area (TPSA) is 55.7 Å². The van der Waals surface area contributed by atoms with Gasteiger partial charge in [0, 0.05) is 29.3 Å². The Morgan fingerprint density at radius 2 is 1.93 bits per heavy atom. The van der Waals surface area contributed by atoms with Crippen LogP contribution in [-0.4, -0.2) is 24.1 Å². The number of carbonyl (C=O) groups is 2. The quantitative estimate of drug-likeness (QED) is 0.580. The number of carbonyl (C=O) groups excluding carboxylic acids is 2. The summed E-state index contributed by atoms with van der Waals surface area (Å²) in [6.45, 7) is 8.16. The van der Waals surface area contributed by atoms with Gasteiger partial charge in [-0.1, -0.05) is 50.0 Å². The van der Waals surface area contributed by atoms with Crippen LogP contribution in [0.2, 0.25) is 10.0 Å². The van der Waals surface area contributed by atoms with Crippen molar-refractivity contribution >= 4 is 40.7 Å². The molecule has 0 N–H and O–H groups in total. The standard InChI is InChI=1S/C22H25Cl2NO3/c1-5-15-20(21(27)28-6-2)18(12-7-8-13(23)14(24)9-12)19-16(25-15)10-22(3,4)11-17(19)26/h7-9,18,20H,5-6,10-11H2,1-4H3/t18-,20?/m1/s1. The van der Waals surface area contributed by atoms with Crippen LogP contribution in [-0.2, 0) is 14.3 Å². The largest absolute Gasteiger partial charge is 0.465 e. The van der Waals surface area contributed by atoms with Gasteiger partial charge in [0.05, 0.1) is 16.7 Å². The molecule has 0 spiro atoms. The third-order valence-electron chi connectivity index (χ3n) is 5.38. The van der Waals surface area contributed by atoms with E-state index in [9.17, 15) is 9.59 Å². The first kappa shape index (κ1) is 21.1. The van der Waals surface area contributed by atoms with Crippen molar-refractivity contribution in [3.05, 3.63) is 45.1 Å². The van der Waals surface area contributed by atoms with Crippen LogP contribution in [0, 0.1) is 11.3 Å². The normalized spacial score (nSPS) is 23.9. The molecule has 0 bridgehead atoms. The Balaban J connectivity index is 2.22. The fraction of sp³-hybridized carbons (Fsp3) is 0.500. The van der Waals surface area contributed by atoms with E-state index in [2.05, 4.69) is 13.8 Å². The molecule has 28 heavy (non-hydrogen) atoms. The van der Waals surface area contributed by atoms with Crippen LogP contribution in [0.1, 0.15) is 58.4 Å². The second-order valence-corrected chi connectivity index (χ2v) is 8.95. The van der Waals surface area contributed by atoms with Crippen LogP contribution in [0.25, 0.3) is 0 Å². The van der Waals surface area contributed by atoms with E-state index in [1.807, 2.05) is 13.0 Å². The Kier molecular flexibility index (Phi) is 6.02. The molecule has 1 aliphatic heterocycles. The molecule has 4 nitrogen and oxygen atoms in total. The van der Waals surface area contributed by atoms with Crippen molar-refractivity contribution in [2.45, 2.75) is 52.9 Å². The molecule has 6 heteroatoms. The van der Waals surface area contributed by atoms with Crippen molar-refractivity contribution in [2.24, 2.45) is 16.3 Å². The average Bonchev–Trinajstić information content (AvgIpc) is 2.61. The van der Waals surface area contributed by atoms with Gasteiger partial charge in [-0.3, -0.25) is 14.6 Å². The lowest BCUT2D eigenvalue weighted by atomic mass is 9.66. The summed E-state index contributed by atoms with van der Waals surface area (Å²) in [5, 5.41) is 0.830. The van der Waals surface area contributed by atoms with E-state index >= 15 is 0 Å². The molecular weight excluding hydrogens is 397 g/mol. The van der Waals surface area contributed by atoms with Crippen LogP contribution in [0.5, 0.6) is 0 Å².